The predicted octanol–water partition coefficient (Wildman–Crippen LogP) is 0.655. The van der Waals surface area contributed by atoms with Crippen LogP contribution in [0.25, 0.3) is 10.9 Å². The molecule has 1 aromatic carbocycles. The first-order valence-electron chi connectivity index (χ1n) is 6.00. The topological polar surface area (TPSA) is 84.5 Å². The lowest BCUT2D eigenvalue weighted by Gasteiger charge is -2.22. The first kappa shape index (κ1) is 13.5. The third kappa shape index (κ3) is 3.10. The lowest BCUT2D eigenvalue weighted by atomic mass is 10.2. The van der Waals surface area contributed by atoms with Crippen molar-refractivity contribution in [3.8, 4) is 0 Å². The molecular weight excluding hydrogens is 244 g/mol. The van der Waals surface area contributed by atoms with Crippen LogP contribution in [-0.2, 0) is 4.74 Å². The Morgan fingerprint density at radius 3 is 2.95 bits per heavy atom. The molecule has 0 radical (unpaired) electrons. The number of ether oxygens (including phenoxy) is 1. The zero-order valence-corrected chi connectivity index (χ0v) is 11.1. The minimum atomic E-state index is -0.568. The Hall–Kier alpha value is -1.92. The maximum atomic E-state index is 9.77. The second-order valence-electron chi connectivity index (χ2n) is 4.46. The standard InChI is InChI=1S/C13H18N4O2/c1-17(6-10(18)7-19-2)13-11-5-9(14)3-4-12(11)15-8-16-13/h3-5,8,10,18H,6-7,14H2,1-2H3. The van der Waals surface area contributed by atoms with Crippen LogP contribution in [-0.4, -0.2) is 48.5 Å². The molecule has 0 amide bonds. The lowest BCUT2D eigenvalue weighted by Crippen LogP contribution is -2.32. The number of anilines is 2. The van der Waals surface area contributed by atoms with Gasteiger partial charge in [0.1, 0.15) is 12.1 Å². The number of hydrogen-bond acceptors (Lipinski definition) is 6. The van der Waals surface area contributed by atoms with E-state index in [1.807, 2.05) is 24.1 Å². The molecule has 6 heteroatoms. The van der Waals surface area contributed by atoms with Gasteiger partial charge in [-0.1, -0.05) is 0 Å². The van der Waals surface area contributed by atoms with Gasteiger partial charge in [0.15, 0.2) is 0 Å². The molecular formula is C13H18N4O2. The molecule has 0 aliphatic rings. The molecule has 0 aliphatic heterocycles. The third-order valence-corrected chi connectivity index (χ3v) is 2.84. The van der Waals surface area contributed by atoms with E-state index in [4.69, 9.17) is 10.5 Å². The van der Waals surface area contributed by atoms with Gasteiger partial charge in [-0.2, -0.15) is 0 Å². The Labute approximate surface area is 111 Å². The smallest absolute Gasteiger partial charge is 0.139 e. The van der Waals surface area contributed by atoms with E-state index < -0.39 is 6.10 Å². The fraction of sp³-hybridized carbons (Fsp3) is 0.385. The number of aliphatic hydroxyl groups excluding tert-OH is 1. The maximum Gasteiger partial charge on any atom is 0.139 e. The number of benzene rings is 1. The van der Waals surface area contributed by atoms with Gasteiger partial charge >= 0.3 is 0 Å². The lowest BCUT2D eigenvalue weighted by molar-refractivity contribution is 0.0694. The molecule has 2 aromatic rings. The Balaban J connectivity index is 2.31. The van der Waals surface area contributed by atoms with Gasteiger partial charge in [0, 0.05) is 31.8 Å². The highest BCUT2D eigenvalue weighted by Gasteiger charge is 2.13. The summed E-state index contributed by atoms with van der Waals surface area (Å²) in [6, 6.07) is 5.50. The van der Waals surface area contributed by atoms with Crippen LogP contribution in [0.3, 0.4) is 0 Å². The van der Waals surface area contributed by atoms with Gasteiger partial charge in [-0.25, -0.2) is 9.97 Å². The highest BCUT2D eigenvalue weighted by atomic mass is 16.5. The minimum Gasteiger partial charge on any atom is -0.399 e. The van der Waals surface area contributed by atoms with Crippen molar-refractivity contribution in [3.05, 3.63) is 24.5 Å². The summed E-state index contributed by atoms with van der Waals surface area (Å²) in [6.45, 7) is 0.713. The highest BCUT2D eigenvalue weighted by Crippen LogP contribution is 2.24. The molecule has 102 valence electrons. The van der Waals surface area contributed by atoms with Crippen LogP contribution in [0.15, 0.2) is 24.5 Å². The van der Waals surface area contributed by atoms with Crippen LogP contribution in [0.5, 0.6) is 0 Å². The van der Waals surface area contributed by atoms with Gasteiger partial charge in [0.2, 0.25) is 0 Å². The van der Waals surface area contributed by atoms with Gasteiger partial charge in [-0.3, -0.25) is 0 Å². The molecule has 0 aliphatic carbocycles. The number of hydrogen-bond donors (Lipinski definition) is 2. The Bertz CT molecular complexity index is 561. The number of aliphatic hydroxyl groups is 1. The van der Waals surface area contributed by atoms with Crippen LogP contribution in [0, 0.1) is 0 Å². The average molecular weight is 262 g/mol. The van der Waals surface area contributed by atoms with Crippen LogP contribution in [0.4, 0.5) is 11.5 Å². The zero-order valence-electron chi connectivity index (χ0n) is 11.1. The fourth-order valence-electron chi connectivity index (χ4n) is 2.01. The van der Waals surface area contributed by atoms with E-state index in [-0.39, 0.29) is 6.61 Å². The van der Waals surface area contributed by atoms with E-state index in [2.05, 4.69) is 9.97 Å². The van der Waals surface area contributed by atoms with E-state index >= 15 is 0 Å². The van der Waals surface area contributed by atoms with Crippen molar-refractivity contribution in [2.24, 2.45) is 0 Å². The summed E-state index contributed by atoms with van der Waals surface area (Å²) >= 11 is 0. The number of nitrogens with zero attached hydrogens (tertiary/aromatic N) is 3. The van der Waals surface area contributed by atoms with E-state index in [0.717, 1.165) is 16.7 Å². The second-order valence-corrected chi connectivity index (χ2v) is 4.46. The predicted molar refractivity (Wildman–Crippen MR) is 75.1 cm³/mol. The number of likely N-dealkylation sites (N-methyl/N-ethyl adjacent to an activating group) is 1. The van der Waals surface area contributed by atoms with Crippen molar-refractivity contribution >= 4 is 22.4 Å². The quantitative estimate of drug-likeness (QED) is 0.770. The first-order valence-corrected chi connectivity index (χ1v) is 6.00. The number of nitrogens with two attached hydrogens (primary N) is 1. The molecule has 3 N–H and O–H groups in total. The molecule has 0 bridgehead atoms. The molecule has 1 aromatic heterocycles. The largest absolute Gasteiger partial charge is 0.399 e. The molecule has 1 atom stereocenters. The number of rotatable bonds is 5. The Kier molecular flexibility index (Phi) is 4.13. The normalized spacial score (nSPS) is 12.6. The van der Waals surface area contributed by atoms with E-state index in [1.54, 1.807) is 13.2 Å². The zero-order chi connectivity index (χ0) is 13.8. The maximum absolute atomic E-state index is 9.77. The summed E-state index contributed by atoms with van der Waals surface area (Å²) in [5, 5.41) is 10.6. The summed E-state index contributed by atoms with van der Waals surface area (Å²) in [5.41, 5.74) is 7.29. The second kappa shape index (κ2) is 5.81. The van der Waals surface area contributed by atoms with Crippen molar-refractivity contribution in [2.75, 3.05) is 37.9 Å². The molecule has 0 spiro atoms. The molecule has 1 unspecified atom stereocenters. The van der Waals surface area contributed by atoms with Crippen molar-refractivity contribution in [1.29, 1.82) is 0 Å². The number of fused-ring (bicyclic) bond motifs is 1. The SMILES string of the molecule is COCC(O)CN(C)c1ncnc2ccc(N)cc12. The van der Waals surface area contributed by atoms with Crippen molar-refractivity contribution in [1.82, 2.24) is 9.97 Å². The minimum absolute atomic E-state index is 0.287. The van der Waals surface area contributed by atoms with E-state index in [9.17, 15) is 5.11 Å². The molecule has 1 heterocycles. The fourth-order valence-corrected chi connectivity index (χ4v) is 2.01. The van der Waals surface area contributed by atoms with Gasteiger partial charge in [0.05, 0.1) is 18.2 Å². The first-order chi connectivity index (χ1) is 9.11. The third-order valence-electron chi connectivity index (χ3n) is 2.84. The number of aromatic nitrogens is 2. The van der Waals surface area contributed by atoms with E-state index in [1.165, 1.54) is 6.33 Å². The van der Waals surface area contributed by atoms with Gasteiger partial charge < -0.3 is 20.5 Å². The van der Waals surface area contributed by atoms with Gasteiger partial charge in [0.25, 0.3) is 0 Å². The van der Waals surface area contributed by atoms with E-state index in [0.29, 0.717) is 12.2 Å². The number of methoxy groups -OCH3 is 1. The monoisotopic (exact) mass is 262 g/mol. The van der Waals surface area contributed by atoms with Crippen LogP contribution in [0.1, 0.15) is 0 Å². The summed E-state index contributed by atoms with van der Waals surface area (Å²) in [5.74, 6) is 0.743. The average Bonchev–Trinajstić information content (AvgIpc) is 2.38. The molecule has 19 heavy (non-hydrogen) atoms. The van der Waals surface area contributed by atoms with Gasteiger partial charge in [-0.15, -0.1) is 0 Å². The summed E-state index contributed by atoms with van der Waals surface area (Å²) in [7, 11) is 3.42. The molecule has 0 fully saturated rings. The van der Waals surface area contributed by atoms with Crippen LogP contribution >= 0.6 is 0 Å². The number of nitrogen functional groups attached to an aromatic ring is 1. The highest BCUT2D eigenvalue weighted by molar-refractivity contribution is 5.91. The summed E-state index contributed by atoms with van der Waals surface area (Å²) in [4.78, 5) is 10.3. The van der Waals surface area contributed by atoms with Crippen LogP contribution < -0.4 is 10.6 Å². The molecule has 6 nitrogen and oxygen atoms in total. The van der Waals surface area contributed by atoms with Gasteiger partial charge in [-0.05, 0) is 18.2 Å². The van der Waals surface area contributed by atoms with Crippen molar-refractivity contribution in [3.63, 3.8) is 0 Å². The summed E-state index contributed by atoms with van der Waals surface area (Å²) in [6.07, 6.45) is 0.939. The Morgan fingerprint density at radius 2 is 2.21 bits per heavy atom. The van der Waals surface area contributed by atoms with Crippen molar-refractivity contribution < 1.29 is 9.84 Å². The molecule has 0 saturated heterocycles. The Morgan fingerprint density at radius 1 is 1.42 bits per heavy atom. The molecule has 0 saturated carbocycles. The van der Waals surface area contributed by atoms with Crippen LogP contribution in [0.2, 0.25) is 0 Å². The summed E-state index contributed by atoms with van der Waals surface area (Å²) < 4.78 is 4.92. The molecule has 2 rings (SSSR count). The van der Waals surface area contributed by atoms with Crippen molar-refractivity contribution in [2.45, 2.75) is 6.10 Å².